The highest BCUT2D eigenvalue weighted by Gasteiger charge is 2.09. The van der Waals surface area contributed by atoms with Crippen LogP contribution in [0.25, 0.3) is 0 Å². The van der Waals surface area contributed by atoms with Gasteiger partial charge in [-0.05, 0) is 68.9 Å². The van der Waals surface area contributed by atoms with Crippen LogP contribution in [-0.2, 0) is 6.54 Å². The van der Waals surface area contributed by atoms with Gasteiger partial charge in [0.05, 0.1) is 0 Å². The van der Waals surface area contributed by atoms with Gasteiger partial charge in [0.25, 0.3) is 0 Å². The van der Waals surface area contributed by atoms with E-state index in [4.69, 9.17) is 0 Å². The van der Waals surface area contributed by atoms with Gasteiger partial charge in [0.1, 0.15) is 0 Å². The molecule has 0 bridgehead atoms. The normalized spacial score (nSPS) is 12.1. The predicted molar refractivity (Wildman–Crippen MR) is 93.1 cm³/mol. The van der Waals surface area contributed by atoms with Gasteiger partial charge in [-0.1, -0.05) is 32.3 Å². The van der Waals surface area contributed by atoms with Crippen LogP contribution < -0.4 is 5.32 Å². The summed E-state index contributed by atoms with van der Waals surface area (Å²) < 4.78 is 0. The second kappa shape index (κ2) is 9.41. The molecule has 0 aliphatic rings. The average Bonchev–Trinajstić information content (AvgIpc) is 2.37. The third kappa shape index (κ3) is 5.46. The van der Waals surface area contributed by atoms with Gasteiger partial charge in [-0.15, -0.1) is 12.4 Å². The number of hydrogen-bond donors (Lipinski definition) is 1. The van der Waals surface area contributed by atoms with Crippen LogP contribution in [0, 0.1) is 27.7 Å². The second-order valence-corrected chi connectivity index (χ2v) is 6.02. The van der Waals surface area contributed by atoms with Gasteiger partial charge in [0, 0.05) is 12.6 Å². The summed E-state index contributed by atoms with van der Waals surface area (Å²) in [5, 5.41) is 3.69. The Hall–Kier alpha value is -0.530. The molecule has 2 heteroatoms. The lowest BCUT2D eigenvalue weighted by atomic mass is 9.94. The van der Waals surface area contributed by atoms with Crippen molar-refractivity contribution in [3.05, 3.63) is 33.9 Å². The smallest absolute Gasteiger partial charge is 0.0213 e. The molecule has 1 rings (SSSR count). The van der Waals surface area contributed by atoms with Crippen molar-refractivity contribution in [3.8, 4) is 0 Å². The first-order valence-corrected chi connectivity index (χ1v) is 7.77. The Bertz CT molecular complexity index is 386. The molecule has 1 unspecified atom stereocenters. The molecule has 0 heterocycles. The molecule has 1 nitrogen and oxygen atoms in total. The summed E-state index contributed by atoms with van der Waals surface area (Å²) in [6, 6.07) is 2.92. The van der Waals surface area contributed by atoms with Crippen molar-refractivity contribution in [3.63, 3.8) is 0 Å². The minimum absolute atomic E-state index is 0. The van der Waals surface area contributed by atoms with E-state index in [2.05, 4.69) is 52.9 Å². The Balaban J connectivity index is 0.00000361. The number of benzene rings is 1. The zero-order valence-corrected chi connectivity index (χ0v) is 14.9. The van der Waals surface area contributed by atoms with E-state index in [1.165, 1.54) is 53.5 Å². The van der Waals surface area contributed by atoms with Crippen LogP contribution in [0.3, 0.4) is 0 Å². The molecule has 0 aliphatic carbocycles. The van der Waals surface area contributed by atoms with Crippen molar-refractivity contribution < 1.29 is 0 Å². The highest BCUT2D eigenvalue weighted by Crippen LogP contribution is 2.21. The highest BCUT2D eigenvalue weighted by atomic mass is 35.5. The van der Waals surface area contributed by atoms with Crippen LogP contribution >= 0.6 is 12.4 Å². The van der Waals surface area contributed by atoms with Crippen LogP contribution in [0.1, 0.15) is 67.3 Å². The highest BCUT2D eigenvalue weighted by molar-refractivity contribution is 5.85. The number of aryl methyl sites for hydroxylation is 2. The Kier molecular flexibility index (Phi) is 9.16. The van der Waals surface area contributed by atoms with E-state index in [1.54, 1.807) is 0 Å². The SMILES string of the molecule is CCCCCC(C)NCc1c(C)c(C)cc(C)c1C.Cl. The first-order valence-electron chi connectivity index (χ1n) is 7.77. The quantitative estimate of drug-likeness (QED) is 0.664. The summed E-state index contributed by atoms with van der Waals surface area (Å²) in [7, 11) is 0. The molecular weight excluding hydrogens is 266 g/mol. The molecule has 20 heavy (non-hydrogen) atoms. The van der Waals surface area contributed by atoms with Gasteiger partial charge in [-0.3, -0.25) is 0 Å². The largest absolute Gasteiger partial charge is 0.310 e. The summed E-state index contributed by atoms with van der Waals surface area (Å²) in [4.78, 5) is 0. The lowest BCUT2D eigenvalue weighted by molar-refractivity contribution is 0.486. The summed E-state index contributed by atoms with van der Waals surface area (Å²) in [6.45, 7) is 14.5. The first-order chi connectivity index (χ1) is 8.97. The van der Waals surface area contributed by atoms with Crippen molar-refractivity contribution in [1.29, 1.82) is 0 Å². The molecule has 0 aliphatic heterocycles. The Morgan fingerprint density at radius 3 is 2.05 bits per heavy atom. The Morgan fingerprint density at radius 2 is 1.55 bits per heavy atom. The zero-order chi connectivity index (χ0) is 14.4. The van der Waals surface area contributed by atoms with Crippen LogP contribution in [0.15, 0.2) is 6.07 Å². The van der Waals surface area contributed by atoms with Gasteiger partial charge in [0.2, 0.25) is 0 Å². The van der Waals surface area contributed by atoms with Gasteiger partial charge in [-0.2, -0.15) is 0 Å². The van der Waals surface area contributed by atoms with Crippen molar-refractivity contribution in [2.24, 2.45) is 0 Å². The molecule has 116 valence electrons. The van der Waals surface area contributed by atoms with Gasteiger partial charge in [0.15, 0.2) is 0 Å². The van der Waals surface area contributed by atoms with E-state index in [1.807, 2.05) is 0 Å². The number of rotatable bonds is 7. The van der Waals surface area contributed by atoms with Crippen molar-refractivity contribution in [2.45, 2.75) is 79.8 Å². The van der Waals surface area contributed by atoms with E-state index in [-0.39, 0.29) is 12.4 Å². The van der Waals surface area contributed by atoms with Crippen molar-refractivity contribution >= 4 is 12.4 Å². The maximum atomic E-state index is 3.69. The van der Waals surface area contributed by atoms with Crippen LogP contribution in [0.4, 0.5) is 0 Å². The monoisotopic (exact) mass is 297 g/mol. The molecule has 0 aromatic heterocycles. The second-order valence-electron chi connectivity index (χ2n) is 6.02. The van der Waals surface area contributed by atoms with Gasteiger partial charge < -0.3 is 5.32 Å². The van der Waals surface area contributed by atoms with Crippen molar-refractivity contribution in [2.75, 3.05) is 0 Å². The summed E-state index contributed by atoms with van der Waals surface area (Å²) in [5.41, 5.74) is 7.24. The lowest BCUT2D eigenvalue weighted by Crippen LogP contribution is -2.26. The molecule has 1 N–H and O–H groups in total. The molecular formula is C18H32ClN. The average molecular weight is 298 g/mol. The maximum Gasteiger partial charge on any atom is 0.0213 e. The van der Waals surface area contributed by atoms with Gasteiger partial charge in [-0.25, -0.2) is 0 Å². The molecule has 1 aromatic rings. The molecule has 0 amide bonds. The topological polar surface area (TPSA) is 12.0 Å². The zero-order valence-electron chi connectivity index (χ0n) is 14.1. The van der Waals surface area contributed by atoms with E-state index in [0.29, 0.717) is 6.04 Å². The van der Waals surface area contributed by atoms with E-state index in [0.717, 1.165) is 6.54 Å². The van der Waals surface area contributed by atoms with Crippen LogP contribution in [0.5, 0.6) is 0 Å². The van der Waals surface area contributed by atoms with Crippen LogP contribution in [0.2, 0.25) is 0 Å². The van der Waals surface area contributed by atoms with E-state index in [9.17, 15) is 0 Å². The lowest BCUT2D eigenvalue weighted by Gasteiger charge is -2.19. The molecule has 0 radical (unpaired) electrons. The fourth-order valence-corrected chi connectivity index (χ4v) is 2.64. The molecule has 0 saturated carbocycles. The van der Waals surface area contributed by atoms with E-state index >= 15 is 0 Å². The Labute approximate surface area is 132 Å². The first kappa shape index (κ1) is 19.5. The fraction of sp³-hybridized carbons (Fsp3) is 0.667. The summed E-state index contributed by atoms with van der Waals surface area (Å²) in [5.74, 6) is 0. The fourth-order valence-electron chi connectivity index (χ4n) is 2.64. The standard InChI is InChI=1S/C18H31N.ClH/c1-7-8-9-10-15(4)19-12-18-16(5)13(2)11-14(3)17(18)6;/h11,15,19H,7-10,12H2,1-6H3;1H. The Morgan fingerprint density at radius 1 is 1.00 bits per heavy atom. The van der Waals surface area contributed by atoms with Crippen LogP contribution in [-0.4, -0.2) is 6.04 Å². The minimum atomic E-state index is 0. The molecule has 0 fully saturated rings. The third-order valence-corrected chi connectivity index (χ3v) is 4.39. The molecule has 0 spiro atoms. The predicted octanol–water partition coefficient (Wildman–Crippen LogP) is 5.40. The molecule has 1 atom stereocenters. The number of unbranched alkanes of at least 4 members (excludes halogenated alkanes) is 2. The van der Waals surface area contributed by atoms with Gasteiger partial charge >= 0.3 is 0 Å². The maximum absolute atomic E-state index is 3.69. The van der Waals surface area contributed by atoms with E-state index < -0.39 is 0 Å². The molecule has 0 saturated heterocycles. The number of hydrogen-bond acceptors (Lipinski definition) is 1. The number of halogens is 1. The molecule has 1 aromatic carbocycles. The van der Waals surface area contributed by atoms with Crippen molar-refractivity contribution in [1.82, 2.24) is 5.32 Å². The third-order valence-electron chi connectivity index (χ3n) is 4.39. The minimum Gasteiger partial charge on any atom is -0.310 e. The number of nitrogens with one attached hydrogen (secondary N) is 1. The summed E-state index contributed by atoms with van der Waals surface area (Å²) in [6.07, 6.45) is 5.29. The summed E-state index contributed by atoms with van der Waals surface area (Å²) >= 11 is 0.